The van der Waals surface area contributed by atoms with E-state index in [0.717, 1.165) is 32.3 Å². The van der Waals surface area contributed by atoms with Crippen molar-refractivity contribution in [3.8, 4) is 16.3 Å². The second-order valence-corrected chi connectivity index (χ2v) is 8.17. The van der Waals surface area contributed by atoms with Crippen molar-refractivity contribution < 1.29 is 4.74 Å². The van der Waals surface area contributed by atoms with Crippen molar-refractivity contribution >= 4 is 27.3 Å². The number of nitrogens with zero attached hydrogens (tertiary/aromatic N) is 5. The third-order valence-corrected chi connectivity index (χ3v) is 4.88. The molecule has 3 aromatic rings. The summed E-state index contributed by atoms with van der Waals surface area (Å²) in [5, 5.41) is 15.0. The monoisotopic (exact) mass is 407 g/mol. The van der Waals surface area contributed by atoms with E-state index in [1.807, 2.05) is 23.6 Å². The first-order valence-corrected chi connectivity index (χ1v) is 9.10. The number of hydrogen-bond acceptors (Lipinski definition) is 6. The summed E-state index contributed by atoms with van der Waals surface area (Å²) in [6, 6.07) is 5.89. The molecular weight excluding hydrogens is 390 g/mol. The molecule has 0 unspecified atom stereocenters. The van der Waals surface area contributed by atoms with E-state index in [1.54, 1.807) is 23.1 Å². The Bertz CT molecular complexity index is 852. The Kier molecular flexibility index (Phi) is 4.69. The third kappa shape index (κ3) is 3.49. The number of benzene rings is 1. The Morgan fingerprint density at radius 1 is 1.29 bits per heavy atom. The van der Waals surface area contributed by atoms with Gasteiger partial charge in [-0.25, -0.2) is 9.67 Å². The van der Waals surface area contributed by atoms with Crippen LogP contribution in [0, 0.1) is 0 Å². The zero-order valence-corrected chi connectivity index (χ0v) is 16.3. The van der Waals surface area contributed by atoms with Crippen LogP contribution < -0.4 is 4.74 Å². The lowest BCUT2D eigenvalue weighted by molar-refractivity contribution is 0.416. The van der Waals surface area contributed by atoms with E-state index in [9.17, 15) is 0 Å². The Morgan fingerprint density at radius 3 is 2.79 bits per heavy atom. The first kappa shape index (κ1) is 17.0. The number of thiazole rings is 1. The van der Waals surface area contributed by atoms with Gasteiger partial charge in [-0.15, -0.1) is 16.4 Å². The summed E-state index contributed by atoms with van der Waals surface area (Å²) < 4.78 is 8.24. The number of methoxy groups -OCH3 is 1. The van der Waals surface area contributed by atoms with Gasteiger partial charge in [0, 0.05) is 15.3 Å². The number of ether oxygens (including phenoxy) is 1. The van der Waals surface area contributed by atoms with Crippen molar-refractivity contribution in [2.45, 2.75) is 32.7 Å². The summed E-state index contributed by atoms with van der Waals surface area (Å²) in [6.45, 7) is 6.82. The molecule has 24 heavy (non-hydrogen) atoms. The van der Waals surface area contributed by atoms with Gasteiger partial charge in [0.15, 0.2) is 5.82 Å². The lowest BCUT2D eigenvalue weighted by Gasteiger charge is -2.16. The third-order valence-electron chi connectivity index (χ3n) is 3.46. The van der Waals surface area contributed by atoms with Crippen LogP contribution in [0.2, 0.25) is 0 Å². The van der Waals surface area contributed by atoms with E-state index in [2.05, 4.69) is 52.2 Å². The lowest BCUT2D eigenvalue weighted by atomic mass is 9.96. The molecule has 0 saturated heterocycles. The van der Waals surface area contributed by atoms with Gasteiger partial charge in [0.05, 0.1) is 24.9 Å². The van der Waals surface area contributed by atoms with Crippen LogP contribution >= 0.6 is 27.3 Å². The van der Waals surface area contributed by atoms with Gasteiger partial charge in [0.2, 0.25) is 0 Å². The molecule has 2 heterocycles. The molecule has 0 saturated carbocycles. The predicted molar refractivity (Wildman–Crippen MR) is 97.4 cm³/mol. The molecule has 0 bridgehead atoms. The maximum atomic E-state index is 5.44. The summed E-state index contributed by atoms with van der Waals surface area (Å²) in [5.74, 6) is 1.65. The Labute approximate surface area is 153 Å². The van der Waals surface area contributed by atoms with Crippen LogP contribution in [0.3, 0.4) is 0 Å². The fraction of sp³-hybridized carbons (Fsp3) is 0.375. The maximum absolute atomic E-state index is 5.44. The molecule has 2 aromatic heterocycles. The molecule has 3 rings (SSSR count). The minimum Gasteiger partial charge on any atom is -0.496 e. The smallest absolute Gasteiger partial charge is 0.157 e. The van der Waals surface area contributed by atoms with E-state index in [0.29, 0.717) is 6.54 Å². The minimum absolute atomic E-state index is 0.115. The summed E-state index contributed by atoms with van der Waals surface area (Å²) in [4.78, 5) is 4.73. The second kappa shape index (κ2) is 6.60. The first-order valence-electron chi connectivity index (χ1n) is 7.43. The topological polar surface area (TPSA) is 65.7 Å². The summed E-state index contributed by atoms with van der Waals surface area (Å²) in [5.41, 5.74) is 1.78. The van der Waals surface area contributed by atoms with Crippen molar-refractivity contribution in [1.82, 2.24) is 25.2 Å². The molecule has 0 fully saturated rings. The number of hydrogen-bond donors (Lipinski definition) is 0. The van der Waals surface area contributed by atoms with Gasteiger partial charge in [-0.3, -0.25) is 0 Å². The molecule has 0 spiro atoms. The minimum atomic E-state index is -0.115. The van der Waals surface area contributed by atoms with Crippen molar-refractivity contribution in [1.29, 1.82) is 0 Å². The highest BCUT2D eigenvalue weighted by molar-refractivity contribution is 9.10. The van der Waals surface area contributed by atoms with Gasteiger partial charge < -0.3 is 4.74 Å². The van der Waals surface area contributed by atoms with Crippen molar-refractivity contribution in [2.24, 2.45) is 0 Å². The SMILES string of the molecule is COc1ccc(Br)cc1-c1nc(Cn2nnnc2C(C)(C)C)cs1. The molecule has 8 heteroatoms. The van der Waals surface area contributed by atoms with Gasteiger partial charge in [0.1, 0.15) is 10.8 Å². The standard InChI is InChI=1S/C16H18BrN5OS/c1-16(2,3)15-19-20-21-22(15)8-11-9-24-14(18-11)12-7-10(17)5-6-13(12)23-4/h5-7,9H,8H2,1-4H3. The molecule has 6 nitrogen and oxygen atoms in total. The van der Waals surface area contributed by atoms with Crippen LogP contribution in [0.4, 0.5) is 0 Å². The van der Waals surface area contributed by atoms with Crippen LogP contribution in [-0.2, 0) is 12.0 Å². The normalized spacial score (nSPS) is 11.7. The van der Waals surface area contributed by atoms with Crippen LogP contribution in [-0.4, -0.2) is 32.3 Å². The predicted octanol–water partition coefficient (Wildman–Crippen LogP) is 3.91. The fourth-order valence-electron chi connectivity index (χ4n) is 2.35. The molecule has 0 N–H and O–H groups in total. The van der Waals surface area contributed by atoms with E-state index >= 15 is 0 Å². The van der Waals surface area contributed by atoms with E-state index < -0.39 is 0 Å². The zero-order valence-electron chi connectivity index (χ0n) is 13.9. The quantitative estimate of drug-likeness (QED) is 0.655. The average Bonchev–Trinajstić information content (AvgIpc) is 3.16. The number of rotatable bonds is 4. The summed E-state index contributed by atoms with van der Waals surface area (Å²) in [6.07, 6.45) is 0. The number of aromatic nitrogens is 5. The van der Waals surface area contributed by atoms with Crippen molar-refractivity contribution in [3.63, 3.8) is 0 Å². The van der Waals surface area contributed by atoms with E-state index in [-0.39, 0.29) is 5.41 Å². The van der Waals surface area contributed by atoms with E-state index in [1.165, 1.54) is 0 Å². The highest BCUT2D eigenvalue weighted by Crippen LogP contribution is 2.34. The molecule has 126 valence electrons. The summed E-state index contributed by atoms with van der Waals surface area (Å²) >= 11 is 5.08. The molecule has 0 aliphatic rings. The van der Waals surface area contributed by atoms with Gasteiger partial charge >= 0.3 is 0 Å². The average molecular weight is 408 g/mol. The van der Waals surface area contributed by atoms with Crippen LogP contribution in [0.1, 0.15) is 32.3 Å². The molecule has 0 amide bonds. The Balaban J connectivity index is 1.90. The molecular formula is C16H18BrN5OS. The Morgan fingerprint density at radius 2 is 2.08 bits per heavy atom. The number of tetrazole rings is 1. The zero-order chi connectivity index (χ0) is 17.3. The molecule has 0 aliphatic carbocycles. The van der Waals surface area contributed by atoms with Gasteiger partial charge in [-0.05, 0) is 28.6 Å². The lowest BCUT2D eigenvalue weighted by Crippen LogP contribution is -2.20. The highest BCUT2D eigenvalue weighted by Gasteiger charge is 2.22. The second-order valence-electron chi connectivity index (χ2n) is 6.40. The highest BCUT2D eigenvalue weighted by atomic mass is 79.9. The van der Waals surface area contributed by atoms with Crippen LogP contribution in [0.15, 0.2) is 28.1 Å². The van der Waals surface area contributed by atoms with Crippen molar-refractivity contribution in [2.75, 3.05) is 7.11 Å². The van der Waals surface area contributed by atoms with Gasteiger partial charge in [0.25, 0.3) is 0 Å². The maximum Gasteiger partial charge on any atom is 0.157 e. The molecule has 0 radical (unpaired) electrons. The molecule has 1 aromatic carbocycles. The van der Waals surface area contributed by atoms with Crippen LogP contribution in [0.5, 0.6) is 5.75 Å². The van der Waals surface area contributed by atoms with Gasteiger partial charge in [-0.2, -0.15) is 0 Å². The first-order chi connectivity index (χ1) is 11.4. The largest absolute Gasteiger partial charge is 0.496 e. The fourth-order valence-corrected chi connectivity index (χ4v) is 3.54. The van der Waals surface area contributed by atoms with E-state index in [4.69, 9.17) is 9.72 Å². The Hall–Kier alpha value is -1.80. The number of halogens is 1. The van der Waals surface area contributed by atoms with Crippen molar-refractivity contribution in [3.05, 3.63) is 39.6 Å². The molecule has 0 atom stereocenters. The van der Waals surface area contributed by atoms with Crippen LogP contribution in [0.25, 0.3) is 10.6 Å². The summed E-state index contributed by atoms with van der Waals surface area (Å²) in [7, 11) is 1.66. The molecule has 0 aliphatic heterocycles. The van der Waals surface area contributed by atoms with Gasteiger partial charge in [-0.1, -0.05) is 36.7 Å².